The Morgan fingerprint density at radius 3 is 2.43 bits per heavy atom. The highest BCUT2D eigenvalue weighted by molar-refractivity contribution is 7.90. The van der Waals surface area contributed by atoms with Crippen molar-refractivity contribution in [1.82, 2.24) is 4.98 Å². The maximum atomic E-state index is 12.5. The van der Waals surface area contributed by atoms with Crippen molar-refractivity contribution in [3.8, 4) is 0 Å². The first-order chi connectivity index (χ1) is 9.70. The summed E-state index contributed by atoms with van der Waals surface area (Å²) in [6.07, 6.45) is -1.71. The van der Waals surface area contributed by atoms with Crippen LogP contribution in [-0.4, -0.2) is 13.4 Å². The molecule has 2 rings (SSSR count). The molecule has 0 spiro atoms. The number of benzene rings is 1. The molecule has 0 fully saturated rings. The van der Waals surface area contributed by atoms with E-state index in [-0.39, 0.29) is 10.6 Å². The smallest absolute Gasteiger partial charge is 0.398 e. The second-order valence-electron chi connectivity index (χ2n) is 4.37. The molecule has 21 heavy (non-hydrogen) atoms. The van der Waals surface area contributed by atoms with Gasteiger partial charge in [-0.05, 0) is 29.8 Å². The van der Waals surface area contributed by atoms with Crippen LogP contribution < -0.4 is 5.73 Å². The molecule has 0 saturated carbocycles. The molecule has 0 aliphatic carbocycles. The number of rotatable bonds is 3. The number of halogens is 3. The van der Waals surface area contributed by atoms with Crippen molar-refractivity contribution in [2.75, 3.05) is 5.73 Å². The van der Waals surface area contributed by atoms with Gasteiger partial charge >= 0.3 is 6.18 Å². The molecule has 2 N–H and O–H groups in total. The van der Waals surface area contributed by atoms with E-state index in [4.69, 9.17) is 5.73 Å². The first kappa shape index (κ1) is 15.3. The van der Waals surface area contributed by atoms with Crippen LogP contribution in [0.25, 0.3) is 0 Å². The van der Waals surface area contributed by atoms with Crippen LogP contribution in [0.15, 0.2) is 47.6 Å². The van der Waals surface area contributed by atoms with Gasteiger partial charge in [-0.1, -0.05) is 6.07 Å². The van der Waals surface area contributed by atoms with E-state index < -0.39 is 27.3 Å². The highest BCUT2D eigenvalue weighted by Gasteiger charge is 2.31. The SMILES string of the molecule is Nc1cc(C(F)(F)F)ccc1S(=O)(=O)Cc1cccnc1. The van der Waals surface area contributed by atoms with Gasteiger partial charge in [0.1, 0.15) is 0 Å². The average molecular weight is 316 g/mol. The van der Waals surface area contributed by atoms with E-state index in [1.807, 2.05) is 0 Å². The Morgan fingerprint density at radius 1 is 1.19 bits per heavy atom. The minimum atomic E-state index is -4.57. The number of aromatic nitrogens is 1. The van der Waals surface area contributed by atoms with Gasteiger partial charge in [-0.25, -0.2) is 8.42 Å². The molecule has 0 radical (unpaired) electrons. The van der Waals surface area contributed by atoms with Crippen molar-refractivity contribution in [3.05, 3.63) is 53.9 Å². The predicted octanol–water partition coefficient (Wildman–Crippen LogP) is 2.66. The van der Waals surface area contributed by atoms with Gasteiger partial charge < -0.3 is 5.73 Å². The Bertz CT molecular complexity index is 744. The summed E-state index contributed by atoms with van der Waals surface area (Å²) in [6, 6.07) is 5.33. The first-order valence-corrected chi connectivity index (χ1v) is 7.44. The lowest BCUT2D eigenvalue weighted by atomic mass is 10.2. The molecule has 0 saturated heterocycles. The number of nitrogens with zero attached hydrogens (tertiary/aromatic N) is 1. The quantitative estimate of drug-likeness (QED) is 0.884. The second-order valence-corrected chi connectivity index (χ2v) is 6.33. The number of nitrogens with two attached hydrogens (primary N) is 1. The molecule has 0 aliphatic rings. The zero-order valence-corrected chi connectivity index (χ0v) is 11.4. The zero-order chi connectivity index (χ0) is 15.7. The maximum absolute atomic E-state index is 12.5. The van der Waals surface area contributed by atoms with E-state index >= 15 is 0 Å². The molecule has 0 unspecified atom stereocenters. The van der Waals surface area contributed by atoms with Gasteiger partial charge in [-0.15, -0.1) is 0 Å². The summed E-state index contributed by atoms with van der Waals surface area (Å²) < 4.78 is 62.0. The van der Waals surface area contributed by atoms with Crippen molar-refractivity contribution >= 4 is 15.5 Å². The van der Waals surface area contributed by atoms with Crippen molar-refractivity contribution in [2.24, 2.45) is 0 Å². The lowest BCUT2D eigenvalue weighted by Gasteiger charge is -2.11. The van der Waals surface area contributed by atoms with E-state index in [0.717, 1.165) is 6.07 Å². The van der Waals surface area contributed by atoms with Gasteiger partial charge in [0.25, 0.3) is 0 Å². The molecule has 112 valence electrons. The molecule has 2 aromatic rings. The first-order valence-electron chi connectivity index (χ1n) is 5.78. The van der Waals surface area contributed by atoms with Crippen molar-refractivity contribution in [1.29, 1.82) is 0 Å². The van der Waals surface area contributed by atoms with E-state index in [9.17, 15) is 21.6 Å². The summed E-state index contributed by atoms with van der Waals surface area (Å²) in [5.74, 6) is -0.379. The van der Waals surface area contributed by atoms with E-state index in [2.05, 4.69) is 4.98 Å². The topological polar surface area (TPSA) is 73.1 Å². The number of sulfone groups is 1. The number of hydrogen-bond acceptors (Lipinski definition) is 4. The number of hydrogen-bond donors (Lipinski definition) is 1. The largest absolute Gasteiger partial charge is 0.416 e. The number of alkyl halides is 3. The molecule has 0 amide bonds. The molecule has 0 bridgehead atoms. The van der Waals surface area contributed by atoms with E-state index in [1.165, 1.54) is 12.4 Å². The molecule has 8 heteroatoms. The molecular formula is C13H11F3N2O2S. The van der Waals surface area contributed by atoms with Gasteiger partial charge in [-0.3, -0.25) is 4.98 Å². The Kier molecular flexibility index (Phi) is 3.91. The fourth-order valence-electron chi connectivity index (χ4n) is 1.79. The van der Waals surface area contributed by atoms with E-state index in [1.54, 1.807) is 12.1 Å². The summed E-state index contributed by atoms with van der Waals surface area (Å²) in [7, 11) is -3.84. The van der Waals surface area contributed by atoms with Crippen LogP contribution in [0.1, 0.15) is 11.1 Å². The predicted molar refractivity (Wildman–Crippen MR) is 71.0 cm³/mol. The molecule has 0 aliphatic heterocycles. The summed E-state index contributed by atoms with van der Waals surface area (Å²) in [6.45, 7) is 0. The van der Waals surface area contributed by atoms with Crippen molar-refractivity contribution < 1.29 is 21.6 Å². The maximum Gasteiger partial charge on any atom is 0.416 e. The van der Waals surface area contributed by atoms with Gasteiger partial charge in [0, 0.05) is 12.4 Å². The molecule has 0 atom stereocenters. The Hall–Kier alpha value is -2.09. The summed E-state index contributed by atoms with van der Waals surface area (Å²) in [5, 5.41) is 0. The van der Waals surface area contributed by atoms with E-state index in [0.29, 0.717) is 17.7 Å². The lowest BCUT2D eigenvalue weighted by molar-refractivity contribution is -0.137. The Morgan fingerprint density at radius 2 is 1.90 bits per heavy atom. The summed E-state index contributed by atoms with van der Waals surface area (Å²) in [4.78, 5) is 3.47. The zero-order valence-electron chi connectivity index (χ0n) is 10.6. The fourth-order valence-corrected chi connectivity index (χ4v) is 3.25. The summed E-state index contributed by atoms with van der Waals surface area (Å²) in [5.41, 5.74) is 4.48. The third kappa shape index (κ3) is 3.52. The minimum absolute atomic E-state index is 0.320. The minimum Gasteiger partial charge on any atom is -0.398 e. The van der Waals surface area contributed by atoms with Crippen LogP contribution in [0.3, 0.4) is 0 Å². The molecule has 1 aromatic carbocycles. The molecular weight excluding hydrogens is 305 g/mol. The van der Waals surface area contributed by atoms with Crippen LogP contribution >= 0.6 is 0 Å². The van der Waals surface area contributed by atoms with Crippen LogP contribution in [0, 0.1) is 0 Å². The fraction of sp³-hybridized carbons (Fsp3) is 0.154. The second kappa shape index (κ2) is 5.36. The monoisotopic (exact) mass is 316 g/mol. The van der Waals surface area contributed by atoms with Gasteiger partial charge in [0.05, 0.1) is 21.9 Å². The van der Waals surface area contributed by atoms with Gasteiger partial charge in [0.15, 0.2) is 9.84 Å². The lowest BCUT2D eigenvalue weighted by Crippen LogP contribution is -2.11. The van der Waals surface area contributed by atoms with Crippen LogP contribution in [0.5, 0.6) is 0 Å². The highest BCUT2D eigenvalue weighted by atomic mass is 32.2. The van der Waals surface area contributed by atoms with Gasteiger partial charge in [-0.2, -0.15) is 13.2 Å². The highest BCUT2D eigenvalue weighted by Crippen LogP contribution is 2.33. The van der Waals surface area contributed by atoms with Crippen LogP contribution in [-0.2, 0) is 21.8 Å². The molecule has 1 heterocycles. The molecule has 1 aromatic heterocycles. The third-order valence-corrected chi connectivity index (χ3v) is 4.51. The van der Waals surface area contributed by atoms with Crippen molar-refractivity contribution in [3.63, 3.8) is 0 Å². The number of pyridine rings is 1. The number of nitrogen functional groups attached to an aromatic ring is 1. The molecule has 4 nitrogen and oxygen atoms in total. The standard InChI is InChI=1S/C13H11F3N2O2S/c14-13(15,16)10-3-4-12(11(17)6-10)21(19,20)8-9-2-1-5-18-7-9/h1-7H,8,17H2. The van der Waals surface area contributed by atoms with Crippen molar-refractivity contribution in [2.45, 2.75) is 16.8 Å². The van der Waals surface area contributed by atoms with Crippen LogP contribution in [0.2, 0.25) is 0 Å². The Labute approximate surface area is 119 Å². The third-order valence-electron chi connectivity index (χ3n) is 2.75. The average Bonchev–Trinajstić information content (AvgIpc) is 2.37. The van der Waals surface area contributed by atoms with Gasteiger partial charge in [0.2, 0.25) is 0 Å². The van der Waals surface area contributed by atoms with Crippen LogP contribution in [0.4, 0.5) is 18.9 Å². The number of anilines is 1. The normalized spacial score (nSPS) is 12.3. The Balaban J connectivity index is 2.37. The summed E-state index contributed by atoms with van der Waals surface area (Å²) >= 11 is 0.